The van der Waals surface area contributed by atoms with Crippen molar-refractivity contribution >= 4 is 5.91 Å². The van der Waals surface area contributed by atoms with Gasteiger partial charge in [0, 0.05) is 12.6 Å². The summed E-state index contributed by atoms with van der Waals surface area (Å²) >= 11 is 0. The summed E-state index contributed by atoms with van der Waals surface area (Å²) in [6.07, 6.45) is 0.893. The highest BCUT2D eigenvalue weighted by molar-refractivity contribution is 5.80. The van der Waals surface area contributed by atoms with Crippen LogP contribution in [-0.4, -0.2) is 28.3 Å². The average molecular weight is 381 g/mol. The monoisotopic (exact) mass is 381 g/mol. The molecule has 3 rings (SSSR count). The van der Waals surface area contributed by atoms with Gasteiger partial charge in [-0.3, -0.25) is 9.59 Å². The van der Waals surface area contributed by atoms with Crippen LogP contribution < -0.4 is 15.6 Å². The molecule has 146 valence electrons. The van der Waals surface area contributed by atoms with Gasteiger partial charge >= 0.3 is 0 Å². The zero-order chi connectivity index (χ0) is 20.1. The van der Waals surface area contributed by atoms with Gasteiger partial charge in [0.2, 0.25) is 0 Å². The van der Waals surface area contributed by atoms with Gasteiger partial charge in [0.15, 0.2) is 11.9 Å². The number of furan rings is 1. The van der Waals surface area contributed by atoms with Crippen molar-refractivity contribution in [1.82, 2.24) is 15.1 Å². The van der Waals surface area contributed by atoms with Crippen LogP contribution in [-0.2, 0) is 11.3 Å². The minimum absolute atomic E-state index is 0.245. The first kappa shape index (κ1) is 19.4. The number of aromatic nitrogens is 2. The Morgan fingerprint density at radius 2 is 1.96 bits per heavy atom. The van der Waals surface area contributed by atoms with Gasteiger partial charge in [0.05, 0.1) is 12.8 Å². The van der Waals surface area contributed by atoms with E-state index in [0.29, 0.717) is 17.2 Å². The molecule has 1 N–H and O–H groups in total. The highest BCUT2D eigenvalue weighted by atomic mass is 16.5. The van der Waals surface area contributed by atoms with Gasteiger partial charge in [0.25, 0.3) is 11.5 Å². The van der Waals surface area contributed by atoms with Crippen LogP contribution >= 0.6 is 0 Å². The van der Waals surface area contributed by atoms with Gasteiger partial charge in [-0.2, -0.15) is 5.10 Å². The Balaban J connectivity index is 1.56. The van der Waals surface area contributed by atoms with Crippen LogP contribution in [0.4, 0.5) is 0 Å². The number of aryl methyl sites for hydroxylation is 2. The molecular weight excluding hydrogens is 358 g/mol. The number of benzene rings is 1. The van der Waals surface area contributed by atoms with Crippen molar-refractivity contribution < 1.29 is 13.9 Å². The first-order valence-electron chi connectivity index (χ1n) is 9.07. The van der Waals surface area contributed by atoms with E-state index < -0.39 is 6.10 Å². The van der Waals surface area contributed by atoms with Gasteiger partial charge in [-0.15, -0.1) is 0 Å². The molecule has 0 aliphatic heterocycles. The molecule has 0 aliphatic carbocycles. The SMILES string of the molecule is Cc1cc(C)cc(OC(C)C(=O)NCCn2nc(-c3ccco3)ccc2=O)c1. The normalized spacial score (nSPS) is 11.8. The minimum Gasteiger partial charge on any atom is -0.481 e. The zero-order valence-electron chi connectivity index (χ0n) is 16.1. The number of nitrogens with zero attached hydrogens (tertiary/aromatic N) is 2. The zero-order valence-corrected chi connectivity index (χ0v) is 16.1. The molecule has 2 heterocycles. The molecule has 0 saturated heterocycles. The number of carbonyl (C=O) groups excluding carboxylic acids is 1. The molecule has 0 fully saturated rings. The van der Waals surface area contributed by atoms with Crippen LogP contribution in [0.25, 0.3) is 11.5 Å². The van der Waals surface area contributed by atoms with E-state index in [9.17, 15) is 9.59 Å². The summed E-state index contributed by atoms with van der Waals surface area (Å²) in [7, 11) is 0. The molecule has 1 aromatic carbocycles. The average Bonchev–Trinajstić information content (AvgIpc) is 3.17. The Bertz CT molecular complexity index is 988. The standard InChI is InChI=1S/C21H23N3O4/c1-14-11-15(2)13-17(12-14)28-16(3)21(26)22-8-9-24-20(25)7-6-18(23-24)19-5-4-10-27-19/h4-7,10-13,16H,8-9H2,1-3H3,(H,22,26). The Hall–Kier alpha value is -3.35. The van der Waals surface area contributed by atoms with E-state index in [-0.39, 0.29) is 24.6 Å². The fourth-order valence-corrected chi connectivity index (χ4v) is 2.85. The van der Waals surface area contributed by atoms with Crippen LogP contribution in [0.3, 0.4) is 0 Å². The number of ether oxygens (including phenoxy) is 1. The minimum atomic E-state index is -0.652. The van der Waals surface area contributed by atoms with Crippen LogP contribution in [0.5, 0.6) is 5.75 Å². The first-order chi connectivity index (χ1) is 13.4. The maximum Gasteiger partial charge on any atom is 0.266 e. The molecule has 28 heavy (non-hydrogen) atoms. The van der Waals surface area contributed by atoms with E-state index in [4.69, 9.17) is 9.15 Å². The smallest absolute Gasteiger partial charge is 0.266 e. The molecule has 1 atom stereocenters. The number of nitrogens with one attached hydrogen (secondary N) is 1. The van der Waals surface area contributed by atoms with E-state index in [1.165, 1.54) is 10.7 Å². The lowest BCUT2D eigenvalue weighted by Gasteiger charge is -2.16. The molecule has 0 radical (unpaired) electrons. The highest BCUT2D eigenvalue weighted by Crippen LogP contribution is 2.17. The number of rotatable bonds is 7. The van der Waals surface area contributed by atoms with Crippen LogP contribution in [0.1, 0.15) is 18.1 Å². The second kappa shape index (κ2) is 8.56. The van der Waals surface area contributed by atoms with E-state index in [0.717, 1.165) is 11.1 Å². The van der Waals surface area contributed by atoms with Gasteiger partial charge < -0.3 is 14.5 Å². The third kappa shape index (κ3) is 4.88. The fraction of sp³-hybridized carbons (Fsp3) is 0.286. The fourth-order valence-electron chi connectivity index (χ4n) is 2.85. The van der Waals surface area contributed by atoms with Crippen molar-refractivity contribution in [2.75, 3.05) is 6.54 Å². The predicted molar refractivity (Wildman–Crippen MR) is 105 cm³/mol. The second-order valence-electron chi connectivity index (χ2n) is 6.63. The van der Waals surface area contributed by atoms with Crippen molar-refractivity contribution in [3.05, 3.63) is 70.2 Å². The Morgan fingerprint density at radius 1 is 1.21 bits per heavy atom. The Kier molecular flexibility index (Phi) is 5.93. The van der Waals surface area contributed by atoms with Gasteiger partial charge in [-0.25, -0.2) is 4.68 Å². The predicted octanol–water partition coefficient (Wildman–Crippen LogP) is 2.70. The summed E-state index contributed by atoms with van der Waals surface area (Å²) in [6, 6.07) is 12.4. The number of hydrogen-bond donors (Lipinski definition) is 1. The number of carbonyl (C=O) groups is 1. The first-order valence-corrected chi connectivity index (χ1v) is 9.07. The molecule has 3 aromatic rings. The van der Waals surface area contributed by atoms with Crippen molar-refractivity contribution in [3.8, 4) is 17.2 Å². The van der Waals surface area contributed by atoms with Crippen molar-refractivity contribution in [2.45, 2.75) is 33.4 Å². The quantitative estimate of drug-likeness (QED) is 0.680. The molecule has 0 aliphatic rings. The summed E-state index contributed by atoms with van der Waals surface area (Å²) < 4.78 is 12.3. The number of hydrogen-bond acceptors (Lipinski definition) is 5. The molecule has 7 heteroatoms. The number of amides is 1. The molecule has 1 unspecified atom stereocenters. The van der Waals surface area contributed by atoms with Crippen molar-refractivity contribution in [1.29, 1.82) is 0 Å². The lowest BCUT2D eigenvalue weighted by molar-refractivity contribution is -0.127. The molecular formula is C21H23N3O4. The largest absolute Gasteiger partial charge is 0.481 e. The molecule has 0 spiro atoms. The van der Waals surface area contributed by atoms with Gasteiger partial charge in [-0.1, -0.05) is 6.07 Å². The lowest BCUT2D eigenvalue weighted by atomic mass is 10.1. The summed E-state index contributed by atoms with van der Waals surface area (Å²) in [6.45, 7) is 6.15. The molecule has 1 amide bonds. The van der Waals surface area contributed by atoms with Gasteiger partial charge in [-0.05, 0) is 62.2 Å². The van der Waals surface area contributed by atoms with E-state index >= 15 is 0 Å². The summed E-state index contributed by atoms with van der Waals surface area (Å²) in [5, 5.41) is 7.05. The van der Waals surface area contributed by atoms with E-state index in [1.807, 2.05) is 32.0 Å². The van der Waals surface area contributed by atoms with Crippen molar-refractivity contribution in [2.24, 2.45) is 0 Å². The highest BCUT2D eigenvalue weighted by Gasteiger charge is 2.15. The summed E-state index contributed by atoms with van der Waals surface area (Å²) in [5.74, 6) is 0.979. The third-order valence-electron chi connectivity index (χ3n) is 4.14. The third-order valence-corrected chi connectivity index (χ3v) is 4.14. The second-order valence-corrected chi connectivity index (χ2v) is 6.63. The Labute approximate surface area is 162 Å². The summed E-state index contributed by atoms with van der Waals surface area (Å²) in [4.78, 5) is 24.3. The molecule has 7 nitrogen and oxygen atoms in total. The maximum absolute atomic E-state index is 12.3. The molecule has 0 bridgehead atoms. The topological polar surface area (TPSA) is 86.4 Å². The van der Waals surface area contributed by atoms with E-state index in [1.54, 1.807) is 31.4 Å². The van der Waals surface area contributed by atoms with Crippen LogP contribution in [0.2, 0.25) is 0 Å². The van der Waals surface area contributed by atoms with Gasteiger partial charge in [0.1, 0.15) is 11.4 Å². The van der Waals surface area contributed by atoms with Crippen LogP contribution in [0.15, 0.2) is 57.9 Å². The maximum atomic E-state index is 12.3. The van der Waals surface area contributed by atoms with Crippen molar-refractivity contribution in [3.63, 3.8) is 0 Å². The van der Waals surface area contributed by atoms with E-state index in [2.05, 4.69) is 10.4 Å². The lowest BCUT2D eigenvalue weighted by Crippen LogP contribution is -2.39. The summed E-state index contributed by atoms with van der Waals surface area (Å²) in [5.41, 5.74) is 2.46. The Morgan fingerprint density at radius 3 is 2.64 bits per heavy atom. The van der Waals surface area contributed by atoms with Crippen LogP contribution in [0, 0.1) is 13.8 Å². The molecule has 2 aromatic heterocycles. The molecule has 0 saturated carbocycles.